The number of hydrazone groups is 1. The van der Waals surface area contributed by atoms with Crippen LogP contribution in [0.5, 0.6) is 0 Å². The quantitative estimate of drug-likeness (QED) is 0.237. The number of nitrogens with zero attached hydrogens (tertiary/aromatic N) is 1. The zero-order valence-corrected chi connectivity index (χ0v) is 14.3. The molecule has 2 nitrogen and oxygen atoms in total. The summed E-state index contributed by atoms with van der Waals surface area (Å²) >= 11 is 5.38. The monoisotopic (exact) mass is 340 g/mol. The molecule has 0 bridgehead atoms. The van der Waals surface area contributed by atoms with Crippen LogP contribution in [0.4, 0.5) is 0 Å². The van der Waals surface area contributed by atoms with Crippen molar-refractivity contribution in [1.29, 1.82) is 0 Å². The number of thiocarbonyl (C=S) groups is 1. The van der Waals surface area contributed by atoms with Crippen LogP contribution in [0.2, 0.25) is 0 Å². The van der Waals surface area contributed by atoms with Crippen molar-refractivity contribution in [3.63, 3.8) is 0 Å². The average molecular weight is 340 g/mol. The minimum absolute atomic E-state index is 0.613. The minimum atomic E-state index is 0.613. The van der Waals surface area contributed by atoms with E-state index in [0.717, 1.165) is 11.1 Å². The second-order valence-corrected chi connectivity index (χ2v) is 6.21. The predicted molar refractivity (Wildman–Crippen MR) is 110 cm³/mol. The number of nitrogens with one attached hydrogen (secondary N) is 1. The van der Waals surface area contributed by atoms with E-state index >= 15 is 0 Å². The molecule has 0 amide bonds. The highest BCUT2D eigenvalue weighted by Gasteiger charge is 2.04. The Balaban J connectivity index is 1.70. The molecule has 4 rings (SSSR count). The van der Waals surface area contributed by atoms with Crippen molar-refractivity contribution in [1.82, 2.24) is 5.43 Å². The molecule has 0 radical (unpaired) electrons. The average Bonchev–Trinajstić information content (AvgIpc) is 2.68. The fourth-order valence-corrected chi connectivity index (χ4v) is 3.19. The Hall–Kier alpha value is -3.04. The van der Waals surface area contributed by atoms with Crippen molar-refractivity contribution in [3.05, 3.63) is 96.1 Å². The van der Waals surface area contributed by atoms with Gasteiger partial charge < -0.3 is 0 Å². The van der Waals surface area contributed by atoms with Crippen LogP contribution in [-0.2, 0) is 0 Å². The zero-order chi connectivity index (χ0) is 17.1. The third-order valence-electron chi connectivity index (χ3n) is 4.21. The molecule has 0 aliphatic heterocycles. The molecule has 1 N–H and O–H groups in total. The molecule has 0 fully saturated rings. The first-order valence-corrected chi connectivity index (χ1v) is 8.53. The second-order valence-electron chi connectivity index (χ2n) is 5.80. The first-order valence-electron chi connectivity index (χ1n) is 8.12. The van der Waals surface area contributed by atoms with Gasteiger partial charge in [0.25, 0.3) is 0 Å². The van der Waals surface area contributed by atoms with Gasteiger partial charge in [-0.1, -0.05) is 91.1 Å². The maximum Gasteiger partial charge on any atom is 0.126 e. The SMILES string of the molecule is S=C(N/N=C/c1cc2ccccc2c2ccccc12)c1ccccc1. The Morgan fingerprint density at radius 1 is 0.760 bits per heavy atom. The van der Waals surface area contributed by atoms with E-state index < -0.39 is 0 Å². The van der Waals surface area contributed by atoms with E-state index in [9.17, 15) is 0 Å². The van der Waals surface area contributed by atoms with Gasteiger partial charge in [0.15, 0.2) is 0 Å². The standard InChI is InChI=1S/C22H16N2S/c25-22(16-8-2-1-3-9-16)24-23-15-18-14-17-10-4-5-11-19(17)21-13-7-6-12-20(18)21/h1-15H,(H,24,25)/b23-15+. The Kier molecular flexibility index (Phi) is 4.23. The summed E-state index contributed by atoms with van der Waals surface area (Å²) in [6, 6.07) is 28.8. The first-order chi connectivity index (χ1) is 12.3. The van der Waals surface area contributed by atoms with Crippen molar-refractivity contribution in [2.24, 2.45) is 5.10 Å². The predicted octanol–water partition coefficient (Wildman–Crippen LogP) is 5.29. The number of rotatable bonds is 3. The number of hydrogen-bond donors (Lipinski definition) is 1. The number of fused-ring (bicyclic) bond motifs is 3. The molecular weight excluding hydrogens is 324 g/mol. The minimum Gasteiger partial charge on any atom is -0.267 e. The summed E-state index contributed by atoms with van der Waals surface area (Å²) < 4.78 is 0. The van der Waals surface area contributed by atoms with E-state index in [2.05, 4.69) is 65.1 Å². The first kappa shape index (κ1) is 15.5. The fraction of sp³-hybridized carbons (Fsp3) is 0. The van der Waals surface area contributed by atoms with E-state index in [4.69, 9.17) is 12.2 Å². The summed E-state index contributed by atoms with van der Waals surface area (Å²) in [6.07, 6.45) is 1.84. The second kappa shape index (κ2) is 6.83. The maximum atomic E-state index is 5.38. The van der Waals surface area contributed by atoms with Crippen LogP contribution >= 0.6 is 12.2 Å². The summed E-state index contributed by atoms with van der Waals surface area (Å²) in [5.41, 5.74) is 4.98. The van der Waals surface area contributed by atoms with Gasteiger partial charge in [-0.15, -0.1) is 0 Å². The van der Waals surface area contributed by atoms with Gasteiger partial charge in [0.05, 0.1) is 6.21 Å². The van der Waals surface area contributed by atoms with Gasteiger partial charge in [0.2, 0.25) is 0 Å². The van der Waals surface area contributed by atoms with Crippen LogP contribution < -0.4 is 5.43 Å². The summed E-state index contributed by atoms with van der Waals surface area (Å²) in [7, 11) is 0. The summed E-state index contributed by atoms with van der Waals surface area (Å²) in [5, 5.41) is 9.22. The van der Waals surface area contributed by atoms with Crippen LogP contribution in [0.25, 0.3) is 21.5 Å². The van der Waals surface area contributed by atoms with Crippen molar-refractivity contribution in [2.45, 2.75) is 0 Å². The van der Waals surface area contributed by atoms with Crippen LogP contribution in [-0.4, -0.2) is 11.2 Å². The van der Waals surface area contributed by atoms with E-state index in [1.807, 2.05) is 36.5 Å². The molecule has 4 aromatic carbocycles. The molecule has 120 valence electrons. The van der Waals surface area contributed by atoms with Gasteiger partial charge in [-0.25, -0.2) is 0 Å². The van der Waals surface area contributed by atoms with Crippen LogP contribution in [0.3, 0.4) is 0 Å². The molecule has 0 spiro atoms. The molecule has 0 unspecified atom stereocenters. The van der Waals surface area contributed by atoms with Gasteiger partial charge in [-0.3, -0.25) is 5.43 Å². The summed E-state index contributed by atoms with van der Waals surface area (Å²) in [4.78, 5) is 0.613. The highest BCUT2D eigenvalue weighted by molar-refractivity contribution is 7.80. The summed E-state index contributed by atoms with van der Waals surface area (Å²) in [6.45, 7) is 0. The maximum absolute atomic E-state index is 5.38. The molecule has 0 aromatic heterocycles. The van der Waals surface area contributed by atoms with Crippen molar-refractivity contribution in [3.8, 4) is 0 Å². The molecule has 0 saturated heterocycles. The topological polar surface area (TPSA) is 24.4 Å². The highest BCUT2D eigenvalue weighted by atomic mass is 32.1. The van der Waals surface area contributed by atoms with E-state index in [-0.39, 0.29) is 0 Å². The Morgan fingerprint density at radius 2 is 1.40 bits per heavy atom. The normalized spacial score (nSPS) is 11.2. The largest absolute Gasteiger partial charge is 0.267 e. The number of hydrogen-bond acceptors (Lipinski definition) is 2. The van der Waals surface area contributed by atoms with Gasteiger partial charge >= 0.3 is 0 Å². The van der Waals surface area contributed by atoms with Gasteiger partial charge in [0, 0.05) is 11.1 Å². The molecule has 0 aliphatic rings. The fourth-order valence-electron chi connectivity index (χ4n) is 3.00. The molecule has 4 aromatic rings. The molecule has 3 heteroatoms. The van der Waals surface area contributed by atoms with E-state index in [1.165, 1.54) is 21.5 Å². The molecule has 0 saturated carbocycles. The van der Waals surface area contributed by atoms with Crippen LogP contribution in [0, 0.1) is 0 Å². The van der Waals surface area contributed by atoms with Gasteiger partial charge in [-0.05, 0) is 27.6 Å². The lowest BCUT2D eigenvalue weighted by Gasteiger charge is -2.08. The Labute approximate surface area is 151 Å². The Morgan fingerprint density at radius 3 is 2.20 bits per heavy atom. The third kappa shape index (κ3) is 3.14. The molecule has 25 heavy (non-hydrogen) atoms. The van der Waals surface area contributed by atoms with Crippen molar-refractivity contribution >= 4 is 45.0 Å². The third-order valence-corrected chi connectivity index (χ3v) is 4.53. The lowest BCUT2D eigenvalue weighted by Crippen LogP contribution is -2.16. The lowest BCUT2D eigenvalue weighted by atomic mass is 9.98. The molecule has 0 aliphatic carbocycles. The number of benzene rings is 4. The van der Waals surface area contributed by atoms with Gasteiger partial charge in [0.1, 0.15) is 4.99 Å². The smallest absolute Gasteiger partial charge is 0.126 e. The molecular formula is C22H16N2S. The van der Waals surface area contributed by atoms with Crippen molar-refractivity contribution in [2.75, 3.05) is 0 Å². The van der Waals surface area contributed by atoms with Gasteiger partial charge in [-0.2, -0.15) is 5.10 Å². The zero-order valence-electron chi connectivity index (χ0n) is 13.5. The summed E-state index contributed by atoms with van der Waals surface area (Å²) in [5.74, 6) is 0. The van der Waals surface area contributed by atoms with Crippen LogP contribution in [0.1, 0.15) is 11.1 Å². The van der Waals surface area contributed by atoms with E-state index in [0.29, 0.717) is 4.99 Å². The molecule has 0 atom stereocenters. The lowest BCUT2D eigenvalue weighted by molar-refractivity contribution is 1.06. The molecule has 0 heterocycles. The van der Waals surface area contributed by atoms with Crippen LogP contribution in [0.15, 0.2) is 90.0 Å². The van der Waals surface area contributed by atoms with Crippen molar-refractivity contribution < 1.29 is 0 Å². The highest BCUT2D eigenvalue weighted by Crippen LogP contribution is 2.27. The van der Waals surface area contributed by atoms with E-state index in [1.54, 1.807) is 0 Å². The Bertz CT molecular complexity index is 1080.